The molecular formula is C22H29N5O3. The summed E-state index contributed by atoms with van der Waals surface area (Å²) in [6.07, 6.45) is 2.60. The summed E-state index contributed by atoms with van der Waals surface area (Å²) >= 11 is 0. The van der Waals surface area contributed by atoms with E-state index in [1.165, 1.54) is 6.33 Å². The molecule has 3 heterocycles. The maximum Gasteiger partial charge on any atom is 0.155 e. The molecule has 2 aromatic rings. The molecule has 30 heavy (non-hydrogen) atoms. The largest absolute Gasteiger partial charge is 0.482 e. The molecule has 0 amide bonds. The molecule has 2 unspecified atom stereocenters. The van der Waals surface area contributed by atoms with E-state index >= 15 is 0 Å². The molecule has 3 N–H and O–H groups in total. The molecule has 0 bridgehead atoms. The highest BCUT2D eigenvalue weighted by Gasteiger charge is 2.39. The summed E-state index contributed by atoms with van der Waals surface area (Å²) in [6, 6.07) is 7.26. The maximum absolute atomic E-state index is 8.74. The van der Waals surface area contributed by atoms with Crippen LogP contribution >= 0.6 is 0 Å². The van der Waals surface area contributed by atoms with Gasteiger partial charge in [0.2, 0.25) is 0 Å². The monoisotopic (exact) mass is 411 g/mol. The highest BCUT2D eigenvalue weighted by atomic mass is 16.6. The quantitative estimate of drug-likeness (QED) is 0.556. The Balaban J connectivity index is 1.58. The summed E-state index contributed by atoms with van der Waals surface area (Å²) in [5.74, 6) is 1.47. The molecule has 0 spiro atoms. The van der Waals surface area contributed by atoms with Gasteiger partial charge in [0.25, 0.3) is 0 Å². The normalized spacial score (nSPS) is 23.0. The lowest BCUT2D eigenvalue weighted by molar-refractivity contribution is -0.162. The van der Waals surface area contributed by atoms with Crippen LogP contribution in [0.3, 0.4) is 0 Å². The third-order valence-corrected chi connectivity index (χ3v) is 5.66. The lowest BCUT2D eigenvalue weighted by Gasteiger charge is -2.40. The summed E-state index contributed by atoms with van der Waals surface area (Å²) in [7, 11) is 0. The minimum Gasteiger partial charge on any atom is -0.482 e. The Morgan fingerprint density at radius 1 is 1.23 bits per heavy atom. The molecule has 2 fully saturated rings. The zero-order valence-corrected chi connectivity index (χ0v) is 17.7. The van der Waals surface area contributed by atoms with E-state index in [0.717, 1.165) is 25.3 Å². The molecule has 0 saturated carbocycles. The number of rotatable bonds is 6. The van der Waals surface area contributed by atoms with Gasteiger partial charge in [-0.3, -0.25) is 5.41 Å². The Labute approximate surface area is 176 Å². The first-order valence-electron chi connectivity index (χ1n) is 10.4. The van der Waals surface area contributed by atoms with E-state index in [1.807, 2.05) is 18.2 Å². The number of aromatic nitrogens is 2. The number of nitrogens with zero attached hydrogens (tertiary/aromatic N) is 3. The molecule has 160 valence electrons. The Bertz CT molecular complexity index is 915. The van der Waals surface area contributed by atoms with Gasteiger partial charge in [0.1, 0.15) is 17.9 Å². The van der Waals surface area contributed by atoms with Crippen molar-refractivity contribution in [3.8, 4) is 5.75 Å². The van der Waals surface area contributed by atoms with Crippen LogP contribution in [0.15, 0.2) is 30.6 Å². The third kappa shape index (κ3) is 4.11. The number of hydrogen-bond acceptors (Lipinski definition) is 8. The van der Waals surface area contributed by atoms with E-state index < -0.39 is 0 Å². The predicted octanol–water partition coefficient (Wildman–Crippen LogP) is 2.65. The van der Waals surface area contributed by atoms with Gasteiger partial charge in [0, 0.05) is 30.4 Å². The van der Waals surface area contributed by atoms with Crippen molar-refractivity contribution < 1.29 is 14.2 Å². The maximum atomic E-state index is 8.74. The summed E-state index contributed by atoms with van der Waals surface area (Å²) in [5, 5.41) is 8.74. The van der Waals surface area contributed by atoms with Gasteiger partial charge in [-0.2, -0.15) is 0 Å². The number of benzene rings is 1. The van der Waals surface area contributed by atoms with E-state index in [9.17, 15) is 0 Å². The van der Waals surface area contributed by atoms with E-state index in [-0.39, 0.29) is 23.5 Å². The van der Waals surface area contributed by atoms with Crippen molar-refractivity contribution in [2.45, 2.75) is 45.0 Å². The molecule has 1 aromatic heterocycles. The zero-order chi connectivity index (χ0) is 21.3. The van der Waals surface area contributed by atoms with Crippen LogP contribution in [0.4, 0.5) is 11.5 Å². The van der Waals surface area contributed by atoms with Crippen molar-refractivity contribution >= 4 is 17.2 Å². The van der Waals surface area contributed by atoms with Gasteiger partial charge in [0.15, 0.2) is 5.60 Å². The van der Waals surface area contributed by atoms with Crippen molar-refractivity contribution in [1.29, 1.82) is 5.41 Å². The molecule has 2 atom stereocenters. The van der Waals surface area contributed by atoms with Crippen LogP contribution in [0.5, 0.6) is 5.75 Å². The number of hydrogen-bond donors (Lipinski definition) is 2. The van der Waals surface area contributed by atoms with E-state index in [2.05, 4.69) is 35.6 Å². The molecule has 4 rings (SSSR count). The van der Waals surface area contributed by atoms with Crippen LogP contribution in [-0.4, -0.2) is 59.8 Å². The average molecular weight is 412 g/mol. The second-order valence-corrected chi connectivity index (χ2v) is 8.18. The Morgan fingerprint density at radius 2 is 1.97 bits per heavy atom. The van der Waals surface area contributed by atoms with E-state index in [1.54, 1.807) is 6.07 Å². The highest BCUT2D eigenvalue weighted by Crippen LogP contribution is 2.31. The van der Waals surface area contributed by atoms with E-state index in [0.29, 0.717) is 35.9 Å². The minimum atomic E-state index is -0.290. The number of morpholine rings is 1. The summed E-state index contributed by atoms with van der Waals surface area (Å²) in [4.78, 5) is 10.9. The Kier molecular flexibility index (Phi) is 5.62. The Hall–Kier alpha value is -2.71. The SMILES string of the molecule is CCC1(Oc2ccc(N)c(C(=N)c3cc(N4CC(C)OC(C)C4)ncn3)c2)COC1. The second-order valence-electron chi connectivity index (χ2n) is 8.18. The van der Waals surface area contributed by atoms with Gasteiger partial charge in [-0.15, -0.1) is 0 Å². The molecule has 2 saturated heterocycles. The van der Waals surface area contributed by atoms with Crippen LogP contribution in [0.2, 0.25) is 0 Å². The second kappa shape index (κ2) is 8.20. The van der Waals surface area contributed by atoms with Crippen molar-refractivity contribution in [3.05, 3.63) is 41.9 Å². The molecule has 8 nitrogen and oxygen atoms in total. The number of nitrogens with two attached hydrogens (primary N) is 1. The lowest BCUT2D eigenvalue weighted by atomic mass is 9.98. The van der Waals surface area contributed by atoms with Gasteiger partial charge in [0.05, 0.1) is 36.8 Å². The summed E-state index contributed by atoms with van der Waals surface area (Å²) in [5.41, 5.74) is 7.77. The minimum absolute atomic E-state index is 0.123. The van der Waals surface area contributed by atoms with Gasteiger partial charge >= 0.3 is 0 Å². The Morgan fingerprint density at radius 3 is 2.60 bits per heavy atom. The van der Waals surface area contributed by atoms with Gasteiger partial charge < -0.3 is 24.8 Å². The standard InChI is InChI=1S/C22H29N5O3/c1-4-22(11-28-12-22)30-16-5-6-18(23)17(7-16)21(24)19-8-20(26-13-25-19)27-9-14(2)29-15(3)10-27/h5-8,13-15,24H,4,9-12,23H2,1-3H3. The third-order valence-electron chi connectivity index (χ3n) is 5.66. The fourth-order valence-electron chi connectivity index (χ4n) is 3.89. The lowest BCUT2D eigenvalue weighted by Crippen LogP contribution is -2.53. The van der Waals surface area contributed by atoms with Crippen molar-refractivity contribution in [3.63, 3.8) is 0 Å². The van der Waals surface area contributed by atoms with Crippen molar-refractivity contribution in [1.82, 2.24) is 9.97 Å². The summed E-state index contributed by atoms with van der Waals surface area (Å²) < 4.78 is 17.3. The van der Waals surface area contributed by atoms with Crippen LogP contribution < -0.4 is 15.4 Å². The first-order valence-corrected chi connectivity index (χ1v) is 10.4. The highest BCUT2D eigenvalue weighted by molar-refractivity contribution is 6.13. The van der Waals surface area contributed by atoms with Crippen molar-refractivity contribution in [2.75, 3.05) is 36.9 Å². The fraction of sp³-hybridized carbons (Fsp3) is 0.500. The predicted molar refractivity (Wildman–Crippen MR) is 116 cm³/mol. The number of nitrogens with one attached hydrogen (secondary N) is 1. The molecule has 2 aliphatic heterocycles. The molecule has 0 radical (unpaired) electrons. The molecule has 2 aliphatic rings. The number of ether oxygens (including phenoxy) is 3. The van der Waals surface area contributed by atoms with Crippen LogP contribution in [0.25, 0.3) is 0 Å². The smallest absolute Gasteiger partial charge is 0.155 e. The van der Waals surface area contributed by atoms with Gasteiger partial charge in [-0.05, 0) is 38.5 Å². The molecular weight excluding hydrogens is 382 g/mol. The average Bonchev–Trinajstić information content (AvgIpc) is 2.71. The number of nitrogen functional groups attached to an aromatic ring is 1. The molecule has 8 heteroatoms. The van der Waals surface area contributed by atoms with Crippen molar-refractivity contribution in [2.24, 2.45) is 0 Å². The molecule has 0 aliphatic carbocycles. The topological polar surface area (TPSA) is 107 Å². The van der Waals surface area contributed by atoms with Crippen LogP contribution in [-0.2, 0) is 9.47 Å². The van der Waals surface area contributed by atoms with Gasteiger partial charge in [-0.25, -0.2) is 9.97 Å². The van der Waals surface area contributed by atoms with Crippen LogP contribution in [0, 0.1) is 5.41 Å². The van der Waals surface area contributed by atoms with E-state index in [4.69, 9.17) is 25.4 Å². The number of anilines is 2. The molecule has 1 aromatic carbocycles. The zero-order valence-electron chi connectivity index (χ0n) is 17.7. The van der Waals surface area contributed by atoms with Gasteiger partial charge in [-0.1, -0.05) is 6.92 Å². The first-order chi connectivity index (χ1) is 14.4. The first kappa shape index (κ1) is 20.6. The fourth-order valence-corrected chi connectivity index (χ4v) is 3.89. The van der Waals surface area contributed by atoms with Crippen LogP contribution in [0.1, 0.15) is 38.4 Å². The summed E-state index contributed by atoms with van der Waals surface area (Å²) in [6.45, 7) is 8.84.